The molecule has 4 heteroatoms. The molecule has 1 aliphatic rings. The van der Waals surface area contributed by atoms with E-state index >= 15 is 0 Å². The zero-order valence-electron chi connectivity index (χ0n) is 10.8. The number of hydrogen-bond acceptors (Lipinski definition) is 3. The van der Waals surface area contributed by atoms with Crippen LogP contribution in [-0.2, 0) is 0 Å². The van der Waals surface area contributed by atoms with Gasteiger partial charge in [0.25, 0.3) is 5.91 Å². The van der Waals surface area contributed by atoms with Crippen molar-refractivity contribution in [1.82, 2.24) is 9.88 Å². The summed E-state index contributed by atoms with van der Waals surface area (Å²) in [5, 5.41) is 1.75. The van der Waals surface area contributed by atoms with Crippen LogP contribution in [0.15, 0.2) is 30.5 Å². The molecule has 0 radical (unpaired) electrons. The molecule has 0 spiro atoms. The second kappa shape index (κ2) is 4.88. The molecule has 98 valence electrons. The highest BCUT2D eigenvalue weighted by atomic mass is 16.2. The van der Waals surface area contributed by atoms with Gasteiger partial charge in [0.1, 0.15) is 5.69 Å². The van der Waals surface area contributed by atoms with E-state index in [1.165, 1.54) is 6.42 Å². The van der Waals surface area contributed by atoms with Crippen molar-refractivity contribution in [2.24, 2.45) is 0 Å². The molecule has 2 N–H and O–H groups in total. The van der Waals surface area contributed by atoms with E-state index < -0.39 is 0 Å². The van der Waals surface area contributed by atoms with E-state index in [1.54, 1.807) is 6.20 Å². The smallest absolute Gasteiger partial charge is 0.273 e. The number of nitrogens with two attached hydrogens (primary N) is 1. The van der Waals surface area contributed by atoms with Gasteiger partial charge in [0, 0.05) is 35.7 Å². The Labute approximate surface area is 112 Å². The molecular weight excluding hydrogens is 238 g/mol. The Morgan fingerprint density at radius 2 is 1.89 bits per heavy atom. The van der Waals surface area contributed by atoms with Crippen molar-refractivity contribution >= 4 is 22.4 Å². The fourth-order valence-electron chi connectivity index (χ4n) is 2.65. The Balaban J connectivity index is 2.04. The molecule has 1 aromatic heterocycles. The number of pyridine rings is 1. The lowest BCUT2D eigenvalue weighted by Gasteiger charge is -2.26. The van der Waals surface area contributed by atoms with Gasteiger partial charge in [-0.05, 0) is 31.4 Å². The van der Waals surface area contributed by atoms with Gasteiger partial charge in [-0.1, -0.05) is 12.1 Å². The van der Waals surface area contributed by atoms with E-state index in [0.717, 1.165) is 36.7 Å². The third kappa shape index (κ3) is 2.14. The number of carbonyl (C=O) groups excluding carboxylic acids is 1. The van der Waals surface area contributed by atoms with Crippen LogP contribution in [0.5, 0.6) is 0 Å². The van der Waals surface area contributed by atoms with Gasteiger partial charge in [-0.15, -0.1) is 0 Å². The minimum absolute atomic E-state index is 0.0240. The lowest BCUT2D eigenvalue weighted by atomic mass is 10.1. The molecule has 0 aliphatic carbocycles. The zero-order chi connectivity index (χ0) is 13.2. The van der Waals surface area contributed by atoms with Crippen LogP contribution in [0.1, 0.15) is 29.8 Å². The first-order chi connectivity index (χ1) is 9.27. The first-order valence-electron chi connectivity index (χ1n) is 6.70. The van der Waals surface area contributed by atoms with Crippen LogP contribution in [0.3, 0.4) is 0 Å². The molecule has 0 bridgehead atoms. The summed E-state index contributed by atoms with van der Waals surface area (Å²) in [6.07, 6.45) is 5.03. The number of benzene rings is 1. The van der Waals surface area contributed by atoms with Gasteiger partial charge in [0.15, 0.2) is 0 Å². The Kier molecular flexibility index (Phi) is 3.07. The molecule has 1 aromatic carbocycles. The first kappa shape index (κ1) is 12.0. The number of piperidine rings is 1. The third-order valence-corrected chi connectivity index (χ3v) is 3.69. The number of nitrogens with zero attached hydrogens (tertiary/aromatic N) is 2. The van der Waals surface area contributed by atoms with Crippen LogP contribution in [0.25, 0.3) is 10.8 Å². The second-order valence-electron chi connectivity index (χ2n) is 4.95. The zero-order valence-corrected chi connectivity index (χ0v) is 10.8. The van der Waals surface area contributed by atoms with Gasteiger partial charge >= 0.3 is 0 Å². The largest absolute Gasteiger partial charge is 0.398 e. The number of amides is 1. The van der Waals surface area contributed by atoms with Crippen LogP contribution < -0.4 is 5.73 Å². The number of rotatable bonds is 1. The molecule has 0 unspecified atom stereocenters. The number of hydrogen-bond donors (Lipinski definition) is 1. The van der Waals surface area contributed by atoms with Crippen molar-refractivity contribution in [3.63, 3.8) is 0 Å². The van der Waals surface area contributed by atoms with Crippen molar-refractivity contribution in [2.45, 2.75) is 19.3 Å². The van der Waals surface area contributed by atoms with E-state index in [2.05, 4.69) is 4.98 Å². The van der Waals surface area contributed by atoms with Crippen LogP contribution in [0, 0.1) is 0 Å². The SMILES string of the molecule is Nc1cccc2c(C(=O)N3CCCCC3)nccc12. The summed E-state index contributed by atoms with van der Waals surface area (Å²) in [6, 6.07) is 7.48. The van der Waals surface area contributed by atoms with Crippen LogP contribution in [0.4, 0.5) is 5.69 Å². The molecule has 0 saturated carbocycles. The molecule has 4 nitrogen and oxygen atoms in total. The van der Waals surface area contributed by atoms with Crippen molar-refractivity contribution < 1.29 is 4.79 Å². The maximum Gasteiger partial charge on any atom is 0.273 e. The fourth-order valence-corrected chi connectivity index (χ4v) is 2.65. The quantitative estimate of drug-likeness (QED) is 0.796. The maximum atomic E-state index is 12.5. The number of fused-ring (bicyclic) bond motifs is 1. The fraction of sp³-hybridized carbons (Fsp3) is 0.333. The summed E-state index contributed by atoms with van der Waals surface area (Å²) >= 11 is 0. The summed E-state index contributed by atoms with van der Waals surface area (Å²) in [4.78, 5) is 18.7. The predicted molar refractivity (Wildman–Crippen MR) is 75.9 cm³/mol. The highest BCUT2D eigenvalue weighted by molar-refractivity contribution is 6.07. The third-order valence-electron chi connectivity index (χ3n) is 3.69. The molecule has 2 aromatic rings. The number of nitrogen functional groups attached to an aromatic ring is 1. The molecule has 2 heterocycles. The van der Waals surface area contributed by atoms with Gasteiger partial charge < -0.3 is 10.6 Å². The number of anilines is 1. The van der Waals surface area contributed by atoms with E-state index in [-0.39, 0.29) is 5.91 Å². The lowest BCUT2D eigenvalue weighted by molar-refractivity contribution is 0.0720. The first-order valence-corrected chi connectivity index (χ1v) is 6.70. The van der Waals surface area contributed by atoms with Crippen LogP contribution in [-0.4, -0.2) is 28.9 Å². The monoisotopic (exact) mass is 255 g/mol. The standard InChI is InChI=1S/C15H17N3O/c16-13-6-4-5-12-11(13)7-8-17-14(12)15(19)18-9-2-1-3-10-18/h4-8H,1-3,9-10,16H2. The number of likely N-dealkylation sites (tertiary alicyclic amines) is 1. The Morgan fingerprint density at radius 1 is 1.11 bits per heavy atom. The molecule has 3 rings (SSSR count). The van der Waals surface area contributed by atoms with Crippen LogP contribution >= 0.6 is 0 Å². The molecule has 1 fully saturated rings. The van der Waals surface area contributed by atoms with Crippen molar-refractivity contribution in [3.05, 3.63) is 36.2 Å². The molecule has 1 amide bonds. The van der Waals surface area contributed by atoms with Gasteiger partial charge in [0.05, 0.1) is 0 Å². The average Bonchev–Trinajstić information content (AvgIpc) is 2.47. The number of aromatic nitrogens is 1. The minimum atomic E-state index is 0.0240. The normalized spacial score (nSPS) is 15.7. The average molecular weight is 255 g/mol. The predicted octanol–water partition coefficient (Wildman–Crippen LogP) is 2.44. The van der Waals surface area contributed by atoms with Crippen molar-refractivity contribution in [2.75, 3.05) is 18.8 Å². The van der Waals surface area contributed by atoms with Crippen molar-refractivity contribution in [1.29, 1.82) is 0 Å². The van der Waals surface area contributed by atoms with Gasteiger partial charge in [-0.3, -0.25) is 9.78 Å². The topological polar surface area (TPSA) is 59.2 Å². The summed E-state index contributed by atoms with van der Waals surface area (Å²) < 4.78 is 0. The van der Waals surface area contributed by atoms with Crippen molar-refractivity contribution in [3.8, 4) is 0 Å². The van der Waals surface area contributed by atoms with Gasteiger partial charge in [0.2, 0.25) is 0 Å². The minimum Gasteiger partial charge on any atom is -0.398 e. The molecular formula is C15H17N3O. The highest BCUT2D eigenvalue weighted by Crippen LogP contribution is 2.24. The Hall–Kier alpha value is -2.10. The molecule has 1 saturated heterocycles. The second-order valence-corrected chi connectivity index (χ2v) is 4.95. The summed E-state index contributed by atoms with van der Waals surface area (Å²) in [6.45, 7) is 1.67. The Morgan fingerprint density at radius 3 is 2.68 bits per heavy atom. The van der Waals surface area contributed by atoms with E-state index in [4.69, 9.17) is 5.73 Å². The summed E-state index contributed by atoms with van der Waals surface area (Å²) in [5.74, 6) is 0.0240. The van der Waals surface area contributed by atoms with E-state index in [0.29, 0.717) is 11.4 Å². The lowest BCUT2D eigenvalue weighted by Crippen LogP contribution is -2.36. The molecule has 1 aliphatic heterocycles. The van der Waals surface area contributed by atoms with E-state index in [9.17, 15) is 4.79 Å². The molecule has 19 heavy (non-hydrogen) atoms. The summed E-state index contributed by atoms with van der Waals surface area (Å²) in [7, 11) is 0. The van der Waals surface area contributed by atoms with Gasteiger partial charge in [-0.2, -0.15) is 0 Å². The maximum absolute atomic E-state index is 12.5. The van der Waals surface area contributed by atoms with E-state index in [1.807, 2.05) is 29.2 Å². The summed E-state index contributed by atoms with van der Waals surface area (Å²) in [5.41, 5.74) is 7.16. The van der Waals surface area contributed by atoms with Crippen LogP contribution in [0.2, 0.25) is 0 Å². The molecule has 0 atom stereocenters. The highest BCUT2D eigenvalue weighted by Gasteiger charge is 2.21. The number of carbonyl (C=O) groups is 1. The Bertz CT molecular complexity index is 618. The van der Waals surface area contributed by atoms with Gasteiger partial charge in [-0.25, -0.2) is 0 Å².